The van der Waals surface area contributed by atoms with Gasteiger partial charge in [-0.1, -0.05) is 30.3 Å². The summed E-state index contributed by atoms with van der Waals surface area (Å²) in [5.74, 6) is 0.521. The Kier molecular flexibility index (Phi) is 8.44. The van der Waals surface area contributed by atoms with Gasteiger partial charge in [-0.05, 0) is 12.0 Å². The zero-order valence-corrected chi connectivity index (χ0v) is 21.1. The normalized spacial score (nSPS) is 14.9. The van der Waals surface area contributed by atoms with Crippen LogP contribution in [-0.2, 0) is 29.0 Å². The van der Waals surface area contributed by atoms with E-state index < -0.39 is 11.9 Å². The van der Waals surface area contributed by atoms with Crippen molar-refractivity contribution in [2.24, 2.45) is 0 Å². The third kappa shape index (κ3) is 6.55. The Morgan fingerprint density at radius 3 is 2.69 bits per heavy atom. The lowest BCUT2D eigenvalue weighted by Gasteiger charge is -2.37. The first-order chi connectivity index (χ1) is 17.4. The molecule has 1 amide bonds. The van der Waals surface area contributed by atoms with E-state index in [1.54, 1.807) is 11.8 Å². The molecule has 0 saturated carbocycles. The van der Waals surface area contributed by atoms with Crippen LogP contribution >= 0.6 is 0 Å². The molecule has 3 heterocycles. The highest BCUT2D eigenvalue weighted by molar-refractivity contribution is 5.92. The van der Waals surface area contributed by atoms with Crippen LogP contribution in [0.3, 0.4) is 0 Å². The molecule has 1 aliphatic rings. The van der Waals surface area contributed by atoms with Crippen LogP contribution in [0, 0.1) is 0 Å². The molecule has 0 aliphatic carbocycles. The highest BCUT2D eigenvalue weighted by Gasteiger charge is 2.26. The number of aryl methyl sites for hydroxylation is 1. The molecule has 3 aromatic rings. The lowest BCUT2D eigenvalue weighted by atomic mass is 10.1. The highest BCUT2D eigenvalue weighted by atomic mass is 16.5. The number of anilines is 1. The topological polar surface area (TPSA) is 110 Å². The van der Waals surface area contributed by atoms with Gasteiger partial charge in [-0.15, -0.1) is 5.10 Å². The number of likely N-dealkylation sites (tertiary alicyclic amines) is 1. The number of aromatic nitrogens is 5. The summed E-state index contributed by atoms with van der Waals surface area (Å²) in [5, 5.41) is 11.7. The fourth-order valence-electron chi connectivity index (χ4n) is 4.15. The summed E-state index contributed by atoms with van der Waals surface area (Å²) in [6, 6.07) is 11.2. The monoisotopic (exact) mass is 494 g/mol. The van der Waals surface area contributed by atoms with Crippen molar-refractivity contribution in [2.45, 2.75) is 38.1 Å². The molecule has 1 aromatic carbocycles. The first kappa shape index (κ1) is 25.5. The number of ether oxygens (including phenoxy) is 1. The Labute approximate surface area is 211 Å². The average Bonchev–Trinajstić information content (AvgIpc) is 3.49. The van der Waals surface area contributed by atoms with Crippen molar-refractivity contribution >= 4 is 18.0 Å². The number of benzene rings is 1. The van der Waals surface area contributed by atoms with Gasteiger partial charge in [0.15, 0.2) is 0 Å². The maximum Gasteiger partial charge on any atom is 0.291 e. The second kappa shape index (κ2) is 11.9. The van der Waals surface area contributed by atoms with Crippen LogP contribution in [0.2, 0.25) is 0 Å². The van der Waals surface area contributed by atoms with Gasteiger partial charge in [-0.2, -0.15) is 5.10 Å². The molecule has 1 fully saturated rings. The summed E-state index contributed by atoms with van der Waals surface area (Å²) in [7, 11) is 5.68. The molecule has 1 atom stereocenters. The summed E-state index contributed by atoms with van der Waals surface area (Å²) in [6.07, 6.45) is 3.85. The minimum absolute atomic E-state index is 0.0369. The van der Waals surface area contributed by atoms with Crippen LogP contribution in [0.4, 0.5) is 5.82 Å². The van der Waals surface area contributed by atoms with Crippen LogP contribution in [-0.4, -0.2) is 94.6 Å². The molecule has 11 nitrogen and oxygen atoms in total. The number of hydrogen-bond acceptors (Lipinski definition) is 8. The molecule has 0 bridgehead atoms. The van der Waals surface area contributed by atoms with Crippen molar-refractivity contribution in [1.82, 2.24) is 34.8 Å². The number of carbonyl (C=O) groups is 2. The van der Waals surface area contributed by atoms with Crippen molar-refractivity contribution in [1.29, 1.82) is 0 Å². The van der Waals surface area contributed by atoms with E-state index >= 15 is 0 Å². The van der Waals surface area contributed by atoms with Crippen LogP contribution in [0.1, 0.15) is 28.3 Å². The number of aldehydes is 1. The maximum absolute atomic E-state index is 12.6. The summed E-state index contributed by atoms with van der Waals surface area (Å²) < 4.78 is 8.82. The Hall–Kier alpha value is -3.57. The number of nitrogens with one attached hydrogen (secondary N) is 1. The van der Waals surface area contributed by atoms with Crippen LogP contribution in [0.15, 0.2) is 42.7 Å². The Bertz CT molecular complexity index is 1140. The van der Waals surface area contributed by atoms with E-state index in [1.165, 1.54) is 6.33 Å². The molecule has 192 valence electrons. The molecule has 1 saturated heterocycles. The lowest BCUT2D eigenvalue weighted by Crippen LogP contribution is -2.52. The third-order valence-corrected chi connectivity index (χ3v) is 6.27. The fraction of sp³-hybridized carbons (Fsp3) is 0.480. The Morgan fingerprint density at radius 1 is 1.22 bits per heavy atom. The average molecular weight is 495 g/mol. The zero-order valence-electron chi connectivity index (χ0n) is 21.1. The molecule has 11 heteroatoms. The van der Waals surface area contributed by atoms with Crippen molar-refractivity contribution < 1.29 is 14.3 Å². The maximum atomic E-state index is 12.6. The van der Waals surface area contributed by atoms with Crippen molar-refractivity contribution in [2.75, 3.05) is 45.7 Å². The predicted octanol–water partition coefficient (Wildman–Crippen LogP) is 0.850. The van der Waals surface area contributed by atoms with Crippen molar-refractivity contribution in [3.8, 4) is 0 Å². The number of rotatable bonds is 13. The van der Waals surface area contributed by atoms with Crippen LogP contribution < -0.4 is 10.2 Å². The Balaban J connectivity index is 1.30. The van der Waals surface area contributed by atoms with Gasteiger partial charge < -0.3 is 19.7 Å². The third-order valence-electron chi connectivity index (χ3n) is 6.27. The molecule has 1 N–H and O–H groups in total. The molecule has 4 rings (SSSR count). The molecule has 1 aliphatic heterocycles. The number of methoxy groups -OCH3 is 1. The second-order valence-electron chi connectivity index (χ2n) is 9.23. The van der Waals surface area contributed by atoms with E-state index in [0.29, 0.717) is 25.6 Å². The highest BCUT2D eigenvalue weighted by Crippen LogP contribution is 2.17. The van der Waals surface area contributed by atoms with Gasteiger partial charge in [0.2, 0.25) is 5.82 Å². The number of hydrogen-bond donors (Lipinski definition) is 1. The molecule has 0 radical (unpaired) electrons. The first-order valence-corrected chi connectivity index (χ1v) is 12.1. The van der Waals surface area contributed by atoms with E-state index in [0.717, 1.165) is 49.4 Å². The van der Waals surface area contributed by atoms with Gasteiger partial charge in [-0.3, -0.25) is 9.69 Å². The fourth-order valence-corrected chi connectivity index (χ4v) is 4.15. The number of amides is 1. The Morgan fingerprint density at radius 2 is 2.00 bits per heavy atom. The van der Waals surface area contributed by atoms with Crippen molar-refractivity contribution in [3.05, 3.63) is 59.8 Å². The van der Waals surface area contributed by atoms with Gasteiger partial charge in [0.25, 0.3) is 5.91 Å². The van der Waals surface area contributed by atoms with Crippen LogP contribution in [0.25, 0.3) is 0 Å². The van der Waals surface area contributed by atoms with E-state index in [-0.39, 0.29) is 5.82 Å². The van der Waals surface area contributed by atoms with Gasteiger partial charge in [0.1, 0.15) is 18.4 Å². The zero-order chi connectivity index (χ0) is 25.5. The van der Waals surface area contributed by atoms with E-state index in [1.807, 2.05) is 54.0 Å². The molecular formula is C25H34N8O3. The lowest BCUT2D eigenvalue weighted by molar-refractivity contribution is -0.109. The van der Waals surface area contributed by atoms with E-state index in [2.05, 4.69) is 26.4 Å². The summed E-state index contributed by atoms with van der Waals surface area (Å²) in [6.45, 7) is 3.84. The summed E-state index contributed by atoms with van der Waals surface area (Å²) in [4.78, 5) is 32.8. The van der Waals surface area contributed by atoms with Gasteiger partial charge in [0, 0.05) is 59.9 Å². The van der Waals surface area contributed by atoms with Gasteiger partial charge >= 0.3 is 0 Å². The number of nitrogens with zero attached hydrogens (tertiary/aromatic N) is 7. The largest absolute Gasteiger partial charge is 0.379 e. The van der Waals surface area contributed by atoms with Gasteiger partial charge in [0.05, 0.1) is 24.4 Å². The van der Waals surface area contributed by atoms with E-state index in [9.17, 15) is 9.59 Å². The molecular weight excluding hydrogens is 460 g/mol. The summed E-state index contributed by atoms with van der Waals surface area (Å²) in [5.41, 5.74) is 2.05. The smallest absolute Gasteiger partial charge is 0.291 e. The predicted molar refractivity (Wildman–Crippen MR) is 135 cm³/mol. The molecule has 36 heavy (non-hydrogen) atoms. The molecule has 0 spiro atoms. The second-order valence-corrected chi connectivity index (χ2v) is 9.23. The molecule has 1 unspecified atom stereocenters. The minimum Gasteiger partial charge on any atom is -0.379 e. The minimum atomic E-state index is -0.673. The quantitative estimate of drug-likeness (QED) is 0.348. The SMILES string of the molecule is COC1CN(CCc2cc(N(C)C)n(CCC(C=O)NC(=O)c3ncn(Cc4ccccc4)n3)n2)C1. The van der Waals surface area contributed by atoms with Crippen molar-refractivity contribution in [3.63, 3.8) is 0 Å². The standard InChI is InChI=1S/C25H34N8O3/c1-30(2)23-13-20(9-11-31-15-22(16-31)36-3)28-33(23)12-10-21(17-34)27-25(35)24-26-18-32(29-24)14-19-7-5-4-6-8-19/h4-8,13,17-18,21-22H,9-12,14-16H2,1-3H3,(H,27,35). The van der Waals surface area contributed by atoms with E-state index in [4.69, 9.17) is 9.84 Å². The first-order valence-electron chi connectivity index (χ1n) is 12.1. The van der Waals surface area contributed by atoms with Gasteiger partial charge in [-0.25, -0.2) is 14.3 Å². The molecule has 2 aromatic heterocycles. The number of carbonyl (C=O) groups excluding carboxylic acids is 2. The van der Waals surface area contributed by atoms with Crippen LogP contribution in [0.5, 0.6) is 0 Å². The summed E-state index contributed by atoms with van der Waals surface area (Å²) >= 11 is 0.